The highest BCUT2D eigenvalue weighted by molar-refractivity contribution is 5.94. The normalized spacial score (nSPS) is 10.8. The number of amides is 1. The number of rotatable bonds is 6. The second-order valence-corrected chi connectivity index (χ2v) is 7.58. The van der Waals surface area contributed by atoms with Crippen LogP contribution in [0, 0.1) is 0 Å². The van der Waals surface area contributed by atoms with Gasteiger partial charge in [0.2, 0.25) is 5.82 Å². The van der Waals surface area contributed by atoms with Gasteiger partial charge < -0.3 is 10.2 Å². The number of fused-ring (bicyclic) bond motifs is 1. The number of aromatic nitrogens is 5. The standard InChI is InChI=1S/C25H21N7O/c1-31(17-18-8-4-2-5-9-18)25(33)19-14-15-26-21(16-19)24-29-28-23-13-12-22(30-32(23)24)27-20-10-6-3-7-11-20/h2-16H,17H2,1H3,(H,27,30). The number of carbonyl (C=O) groups is 1. The van der Waals surface area contributed by atoms with Crippen molar-refractivity contribution in [2.24, 2.45) is 0 Å². The van der Waals surface area contributed by atoms with Crippen molar-refractivity contribution < 1.29 is 4.79 Å². The third-order valence-electron chi connectivity index (χ3n) is 5.15. The summed E-state index contributed by atoms with van der Waals surface area (Å²) < 4.78 is 1.62. The van der Waals surface area contributed by atoms with Crippen LogP contribution in [0.1, 0.15) is 15.9 Å². The van der Waals surface area contributed by atoms with Crippen molar-refractivity contribution in [2.75, 3.05) is 12.4 Å². The molecule has 0 aliphatic carbocycles. The van der Waals surface area contributed by atoms with E-state index in [0.717, 1.165) is 11.3 Å². The Bertz CT molecular complexity index is 1400. The number of nitrogens with one attached hydrogen (secondary N) is 1. The number of pyridine rings is 1. The zero-order chi connectivity index (χ0) is 22.6. The smallest absolute Gasteiger partial charge is 0.254 e. The number of para-hydroxylation sites is 1. The van der Waals surface area contributed by atoms with Crippen molar-refractivity contribution >= 4 is 23.1 Å². The topological polar surface area (TPSA) is 88.3 Å². The first-order valence-electron chi connectivity index (χ1n) is 10.5. The minimum atomic E-state index is -0.101. The van der Waals surface area contributed by atoms with E-state index in [1.807, 2.05) is 72.8 Å². The molecule has 0 unspecified atom stereocenters. The summed E-state index contributed by atoms with van der Waals surface area (Å²) in [5.74, 6) is 1.00. The average molecular weight is 435 g/mol. The van der Waals surface area contributed by atoms with Crippen LogP contribution in [0.25, 0.3) is 17.2 Å². The summed E-state index contributed by atoms with van der Waals surface area (Å²) in [6.45, 7) is 0.515. The highest BCUT2D eigenvalue weighted by Crippen LogP contribution is 2.20. The molecule has 0 saturated carbocycles. The van der Waals surface area contributed by atoms with Gasteiger partial charge in [-0.05, 0) is 42.0 Å². The molecule has 3 heterocycles. The Morgan fingerprint density at radius 1 is 0.939 bits per heavy atom. The van der Waals surface area contributed by atoms with Gasteiger partial charge in [-0.2, -0.15) is 4.52 Å². The number of hydrogen-bond donors (Lipinski definition) is 1. The maximum Gasteiger partial charge on any atom is 0.254 e. The van der Waals surface area contributed by atoms with E-state index in [2.05, 4.69) is 25.6 Å². The summed E-state index contributed by atoms with van der Waals surface area (Å²) in [5, 5.41) is 16.3. The number of nitrogens with zero attached hydrogens (tertiary/aromatic N) is 6. The Kier molecular flexibility index (Phi) is 5.47. The van der Waals surface area contributed by atoms with Gasteiger partial charge in [-0.25, -0.2) is 0 Å². The number of anilines is 2. The lowest BCUT2D eigenvalue weighted by Crippen LogP contribution is -2.26. The van der Waals surface area contributed by atoms with E-state index in [4.69, 9.17) is 0 Å². The Balaban J connectivity index is 1.42. The Hall–Kier alpha value is -4.59. The van der Waals surface area contributed by atoms with Crippen LogP contribution in [0.3, 0.4) is 0 Å². The molecule has 0 bridgehead atoms. The number of hydrogen-bond acceptors (Lipinski definition) is 6. The Morgan fingerprint density at radius 3 is 2.48 bits per heavy atom. The molecule has 33 heavy (non-hydrogen) atoms. The summed E-state index contributed by atoms with van der Waals surface area (Å²) >= 11 is 0. The van der Waals surface area contributed by atoms with Gasteiger partial charge in [0, 0.05) is 31.0 Å². The SMILES string of the molecule is CN(Cc1ccccc1)C(=O)c1ccnc(-c2nnc3ccc(Nc4ccccc4)nn23)c1. The minimum absolute atomic E-state index is 0.101. The molecule has 5 aromatic rings. The van der Waals surface area contributed by atoms with Crippen molar-refractivity contribution in [1.29, 1.82) is 0 Å². The molecule has 0 aliphatic heterocycles. The average Bonchev–Trinajstić information content (AvgIpc) is 3.28. The van der Waals surface area contributed by atoms with Crippen LogP contribution >= 0.6 is 0 Å². The maximum absolute atomic E-state index is 13.0. The van der Waals surface area contributed by atoms with Crippen molar-refractivity contribution in [2.45, 2.75) is 6.54 Å². The van der Waals surface area contributed by atoms with E-state index in [9.17, 15) is 4.79 Å². The van der Waals surface area contributed by atoms with Gasteiger partial charge in [0.15, 0.2) is 11.5 Å². The fourth-order valence-corrected chi connectivity index (χ4v) is 3.52. The predicted molar refractivity (Wildman–Crippen MR) is 126 cm³/mol. The first kappa shape index (κ1) is 20.3. The molecule has 1 amide bonds. The molecule has 0 fully saturated rings. The number of benzene rings is 2. The van der Waals surface area contributed by atoms with Crippen LogP contribution in [0.4, 0.5) is 11.5 Å². The summed E-state index contributed by atoms with van der Waals surface area (Å²) in [5.41, 5.74) is 3.61. The second kappa shape index (κ2) is 8.88. The van der Waals surface area contributed by atoms with E-state index in [0.29, 0.717) is 35.1 Å². The molecule has 0 saturated heterocycles. The van der Waals surface area contributed by atoms with Gasteiger partial charge in [0.1, 0.15) is 5.69 Å². The summed E-state index contributed by atoms with van der Waals surface area (Å²) in [6.07, 6.45) is 1.60. The van der Waals surface area contributed by atoms with Crippen LogP contribution in [0.5, 0.6) is 0 Å². The van der Waals surface area contributed by atoms with E-state index in [1.165, 1.54) is 0 Å². The maximum atomic E-state index is 13.0. The summed E-state index contributed by atoms with van der Waals surface area (Å²) in [7, 11) is 1.78. The molecule has 0 radical (unpaired) electrons. The van der Waals surface area contributed by atoms with Crippen molar-refractivity contribution in [3.05, 3.63) is 102 Å². The molecule has 2 aromatic carbocycles. The summed E-state index contributed by atoms with van der Waals surface area (Å²) in [6, 6.07) is 26.7. The third kappa shape index (κ3) is 4.40. The highest BCUT2D eigenvalue weighted by atomic mass is 16.2. The molecule has 0 atom stereocenters. The lowest BCUT2D eigenvalue weighted by atomic mass is 10.1. The van der Waals surface area contributed by atoms with E-state index >= 15 is 0 Å². The second-order valence-electron chi connectivity index (χ2n) is 7.58. The zero-order valence-corrected chi connectivity index (χ0v) is 18.0. The Labute approximate surface area is 190 Å². The van der Waals surface area contributed by atoms with Crippen LogP contribution in [-0.4, -0.2) is 42.7 Å². The highest BCUT2D eigenvalue weighted by Gasteiger charge is 2.16. The summed E-state index contributed by atoms with van der Waals surface area (Å²) in [4.78, 5) is 19.1. The minimum Gasteiger partial charge on any atom is -0.339 e. The molecule has 3 aromatic heterocycles. The van der Waals surface area contributed by atoms with Crippen LogP contribution in [-0.2, 0) is 6.54 Å². The molecule has 5 rings (SSSR count). The predicted octanol–water partition coefficient (Wildman–Crippen LogP) is 4.20. The molecular formula is C25H21N7O. The van der Waals surface area contributed by atoms with Gasteiger partial charge in [0.05, 0.1) is 0 Å². The number of carbonyl (C=O) groups excluding carboxylic acids is 1. The Morgan fingerprint density at radius 2 is 1.70 bits per heavy atom. The lowest BCUT2D eigenvalue weighted by molar-refractivity contribution is 0.0785. The molecule has 8 heteroatoms. The van der Waals surface area contributed by atoms with E-state index in [-0.39, 0.29) is 5.91 Å². The van der Waals surface area contributed by atoms with Crippen LogP contribution in [0.15, 0.2) is 91.1 Å². The van der Waals surface area contributed by atoms with Gasteiger partial charge in [-0.15, -0.1) is 15.3 Å². The van der Waals surface area contributed by atoms with Gasteiger partial charge in [-0.1, -0.05) is 48.5 Å². The van der Waals surface area contributed by atoms with Crippen LogP contribution < -0.4 is 5.32 Å². The van der Waals surface area contributed by atoms with Crippen molar-refractivity contribution in [1.82, 2.24) is 29.7 Å². The van der Waals surface area contributed by atoms with Crippen molar-refractivity contribution in [3.8, 4) is 11.5 Å². The van der Waals surface area contributed by atoms with Gasteiger partial charge in [-0.3, -0.25) is 9.78 Å². The van der Waals surface area contributed by atoms with Crippen molar-refractivity contribution in [3.63, 3.8) is 0 Å². The molecule has 0 aliphatic rings. The van der Waals surface area contributed by atoms with E-state index in [1.54, 1.807) is 34.8 Å². The van der Waals surface area contributed by atoms with Gasteiger partial charge >= 0.3 is 0 Å². The molecule has 0 spiro atoms. The molecular weight excluding hydrogens is 414 g/mol. The molecule has 8 nitrogen and oxygen atoms in total. The zero-order valence-electron chi connectivity index (χ0n) is 18.0. The fourth-order valence-electron chi connectivity index (χ4n) is 3.52. The quantitative estimate of drug-likeness (QED) is 0.430. The third-order valence-corrected chi connectivity index (χ3v) is 5.15. The first-order chi connectivity index (χ1) is 16.2. The molecule has 162 valence electrons. The van der Waals surface area contributed by atoms with Gasteiger partial charge in [0.25, 0.3) is 5.91 Å². The largest absolute Gasteiger partial charge is 0.339 e. The molecule has 1 N–H and O–H groups in total. The first-order valence-corrected chi connectivity index (χ1v) is 10.5. The van der Waals surface area contributed by atoms with Crippen LogP contribution in [0.2, 0.25) is 0 Å². The monoisotopic (exact) mass is 435 g/mol. The fraction of sp³-hybridized carbons (Fsp3) is 0.0800. The van der Waals surface area contributed by atoms with E-state index < -0.39 is 0 Å². The lowest BCUT2D eigenvalue weighted by Gasteiger charge is -2.17.